The molecule has 10 heavy (non-hydrogen) atoms. The summed E-state index contributed by atoms with van der Waals surface area (Å²) in [6.45, 7) is 1.88. The van der Waals surface area contributed by atoms with Crippen LogP contribution >= 0.6 is 15.9 Å². The van der Waals surface area contributed by atoms with E-state index in [4.69, 9.17) is 0 Å². The van der Waals surface area contributed by atoms with Crippen LogP contribution in [0.3, 0.4) is 0 Å². The molecule has 0 N–H and O–H groups in total. The van der Waals surface area contributed by atoms with Crippen LogP contribution in [-0.2, 0) is 4.79 Å². The molecular weight excluding hydrogens is 192 g/mol. The average molecular weight is 203 g/mol. The summed E-state index contributed by atoms with van der Waals surface area (Å²) in [7, 11) is 0. The lowest BCUT2D eigenvalue weighted by molar-refractivity contribution is -0.114. The number of halogens is 1. The van der Waals surface area contributed by atoms with Crippen molar-refractivity contribution in [3.05, 3.63) is 11.6 Å². The second-order valence-electron chi connectivity index (χ2n) is 2.60. The van der Waals surface area contributed by atoms with E-state index in [2.05, 4.69) is 22.0 Å². The van der Waals surface area contributed by atoms with Crippen molar-refractivity contribution in [1.82, 2.24) is 0 Å². The molecule has 1 aliphatic rings. The number of alkyl halides is 1. The van der Waals surface area contributed by atoms with E-state index in [1.54, 1.807) is 0 Å². The summed E-state index contributed by atoms with van der Waals surface area (Å²) in [5.74, 6) is 0.262. The third kappa shape index (κ3) is 1.69. The number of hydrogen-bond donors (Lipinski definition) is 0. The van der Waals surface area contributed by atoms with Gasteiger partial charge in [0.25, 0.3) is 0 Å². The zero-order chi connectivity index (χ0) is 7.56. The van der Waals surface area contributed by atoms with Gasteiger partial charge in [0.05, 0.1) is 4.83 Å². The van der Waals surface area contributed by atoms with Crippen LogP contribution in [0.15, 0.2) is 11.6 Å². The molecule has 0 saturated carbocycles. The quantitative estimate of drug-likeness (QED) is 0.630. The molecule has 0 aromatic rings. The fourth-order valence-electron chi connectivity index (χ4n) is 1.15. The topological polar surface area (TPSA) is 17.1 Å². The van der Waals surface area contributed by atoms with Crippen molar-refractivity contribution < 1.29 is 4.79 Å². The first kappa shape index (κ1) is 7.99. The summed E-state index contributed by atoms with van der Waals surface area (Å²) in [4.78, 5) is 11.2. The van der Waals surface area contributed by atoms with Crippen LogP contribution in [0.1, 0.15) is 26.2 Å². The highest BCUT2D eigenvalue weighted by atomic mass is 79.9. The molecule has 1 unspecified atom stereocenters. The maximum atomic E-state index is 11.2. The van der Waals surface area contributed by atoms with E-state index in [-0.39, 0.29) is 10.6 Å². The second kappa shape index (κ2) is 3.33. The SMILES string of the molecule is CC(Br)C(=O)C1=CCCC1. The van der Waals surface area contributed by atoms with E-state index < -0.39 is 0 Å². The van der Waals surface area contributed by atoms with E-state index in [1.807, 2.05) is 6.92 Å². The summed E-state index contributed by atoms with van der Waals surface area (Å²) < 4.78 is 0. The number of ketones is 1. The number of carbonyl (C=O) groups excluding carboxylic acids is 1. The van der Waals surface area contributed by atoms with Crippen molar-refractivity contribution in [2.24, 2.45) is 0 Å². The van der Waals surface area contributed by atoms with Crippen LogP contribution in [0, 0.1) is 0 Å². The summed E-state index contributed by atoms with van der Waals surface area (Å²) in [5.41, 5.74) is 1.02. The maximum Gasteiger partial charge on any atom is 0.171 e. The Morgan fingerprint density at radius 3 is 2.90 bits per heavy atom. The Bertz CT molecular complexity index is 170. The second-order valence-corrected chi connectivity index (χ2v) is 3.98. The van der Waals surface area contributed by atoms with Gasteiger partial charge in [0.2, 0.25) is 0 Å². The van der Waals surface area contributed by atoms with E-state index in [1.165, 1.54) is 0 Å². The summed E-state index contributed by atoms with van der Waals surface area (Å²) in [5, 5.41) is 0. The van der Waals surface area contributed by atoms with E-state index >= 15 is 0 Å². The lowest BCUT2D eigenvalue weighted by Crippen LogP contribution is -2.10. The van der Waals surface area contributed by atoms with Crippen molar-refractivity contribution in [1.29, 1.82) is 0 Å². The number of Topliss-reactive ketones (excluding diaryl/α,β-unsaturated/α-hetero) is 1. The van der Waals surface area contributed by atoms with Crippen LogP contribution in [-0.4, -0.2) is 10.6 Å². The molecule has 1 rings (SSSR count). The third-order valence-electron chi connectivity index (χ3n) is 1.72. The van der Waals surface area contributed by atoms with Gasteiger partial charge in [-0.05, 0) is 31.8 Å². The molecule has 0 amide bonds. The molecular formula is C8H11BrO. The lowest BCUT2D eigenvalue weighted by Gasteiger charge is -2.01. The van der Waals surface area contributed by atoms with Gasteiger partial charge in [-0.25, -0.2) is 0 Å². The first-order valence-electron chi connectivity index (χ1n) is 3.59. The maximum absolute atomic E-state index is 11.2. The molecule has 56 valence electrons. The van der Waals surface area contributed by atoms with Crippen molar-refractivity contribution in [2.75, 3.05) is 0 Å². The highest BCUT2D eigenvalue weighted by Crippen LogP contribution is 2.21. The Labute approximate surface area is 69.6 Å². The van der Waals surface area contributed by atoms with Crippen LogP contribution in [0.25, 0.3) is 0 Å². The molecule has 0 aromatic carbocycles. The van der Waals surface area contributed by atoms with Gasteiger partial charge in [0.1, 0.15) is 0 Å². The van der Waals surface area contributed by atoms with Crippen molar-refractivity contribution in [2.45, 2.75) is 31.0 Å². The number of carbonyl (C=O) groups is 1. The standard InChI is InChI=1S/C8H11BrO/c1-6(9)8(10)7-4-2-3-5-7/h4,6H,2-3,5H2,1H3. The van der Waals surface area contributed by atoms with Crippen LogP contribution < -0.4 is 0 Å². The van der Waals surface area contributed by atoms with Gasteiger partial charge in [-0.2, -0.15) is 0 Å². The Morgan fingerprint density at radius 2 is 2.50 bits per heavy atom. The molecule has 1 aliphatic carbocycles. The predicted octanol–water partition coefficient (Wildman–Crippen LogP) is 2.45. The molecule has 1 atom stereocenters. The van der Waals surface area contributed by atoms with Gasteiger partial charge in [0.15, 0.2) is 5.78 Å². The summed E-state index contributed by atoms with van der Waals surface area (Å²) in [6, 6.07) is 0. The normalized spacial score (nSPS) is 20.4. The van der Waals surface area contributed by atoms with E-state index in [9.17, 15) is 4.79 Å². The summed E-state index contributed by atoms with van der Waals surface area (Å²) in [6.07, 6.45) is 5.27. The predicted molar refractivity (Wildman–Crippen MR) is 45.3 cm³/mol. The third-order valence-corrected chi connectivity index (χ3v) is 2.13. The van der Waals surface area contributed by atoms with Crippen molar-refractivity contribution in [3.63, 3.8) is 0 Å². The Morgan fingerprint density at radius 1 is 1.80 bits per heavy atom. The first-order chi connectivity index (χ1) is 4.72. The van der Waals surface area contributed by atoms with Gasteiger partial charge in [-0.15, -0.1) is 0 Å². The smallest absolute Gasteiger partial charge is 0.171 e. The average Bonchev–Trinajstić information content (AvgIpc) is 2.36. The molecule has 2 heteroatoms. The minimum Gasteiger partial charge on any atom is -0.293 e. The van der Waals surface area contributed by atoms with Crippen LogP contribution in [0.4, 0.5) is 0 Å². The number of hydrogen-bond acceptors (Lipinski definition) is 1. The summed E-state index contributed by atoms with van der Waals surface area (Å²) >= 11 is 3.26. The molecule has 0 radical (unpaired) electrons. The lowest BCUT2D eigenvalue weighted by atomic mass is 10.1. The van der Waals surface area contributed by atoms with Gasteiger partial charge in [0, 0.05) is 0 Å². The molecule has 0 bridgehead atoms. The van der Waals surface area contributed by atoms with Crippen LogP contribution in [0.2, 0.25) is 0 Å². The largest absolute Gasteiger partial charge is 0.293 e. The monoisotopic (exact) mass is 202 g/mol. The minimum absolute atomic E-state index is 0.00292. The number of allylic oxidation sites excluding steroid dienone is 2. The van der Waals surface area contributed by atoms with E-state index in [0.29, 0.717) is 0 Å². The van der Waals surface area contributed by atoms with Crippen molar-refractivity contribution >= 4 is 21.7 Å². The minimum atomic E-state index is -0.00292. The molecule has 0 aromatic heterocycles. The van der Waals surface area contributed by atoms with E-state index in [0.717, 1.165) is 24.8 Å². The highest BCUT2D eigenvalue weighted by Gasteiger charge is 2.16. The van der Waals surface area contributed by atoms with Gasteiger partial charge < -0.3 is 0 Å². The Balaban J connectivity index is 2.56. The molecule has 0 heterocycles. The fourth-order valence-corrected chi connectivity index (χ4v) is 1.44. The fraction of sp³-hybridized carbons (Fsp3) is 0.625. The zero-order valence-corrected chi connectivity index (χ0v) is 7.65. The van der Waals surface area contributed by atoms with Crippen LogP contribution in [0.5, 0.6) is 0 Å². The van der Waals surface area contributed by atoms with Crippen molar-refractivity contribution in [3.8, 4) is 0 Å². The van der Waals surface area contributed by atoms with Gasteiger partial charge >= 0.3 is 0 Å². The van der Waals surface area contributed by atoms with Gasteiger partial charge in [-0.1, -0.05) is 22.0 Å². The molecule has 1 nitrogen and oxygen atoms in total. The highest BCUT2D eigenvalue weighted by molar-refractivity contribution is 9.10. The molecule has 0 aliphatic heterocycles. The molecule has 0 spiro atoms. The molecule has 0 fully saturated rings. The molecule has 0 saturated heterocycles. The first-order valence-corrected chi connectivity index (χ1v) is 4.50. The Kier molecular flexibility index (Phi) is 2.66. The zero-order valence-electron chi connectivity index (χ0n) is 6.06. The van der Waals surface area contributed by atoms with Gasteiger partial charge in [-0.3, -0.25) is 4.79 Å². The number of rotatable bonds is 2. The Hall–Kier alpha value is -0.110.